The van der Waals surface area contributed by atoms with Crippen molar-refractivity contribution in [3.8, 4) is 5.69 Å². The first-order valence-electron chi connectivity index (χ1n) is 9.28. The fourth-order valence-corrected chi connectivity index (χ4v) is 3.55. The molecule has 3 aromatic carbocycles. The molecule has 4 aromatic rings. The Morgan fingerprint density at radius 3 is 2.07 bits per heavy atom. The Balaban J connectivity index is 1.90. The summed E-state index contributed by atoms with van der Waals surface area (Å²) in [4.78, 5) is 26.6. The SMILES string of the molecule is Cc1c(C(=O)c2ccc(Cl)cc2)c(=O)n(-c2ccccc2)n1Cc1ccccc1. The Bertz CT molecular complexity index is 1210. The smallest absolute Gasteiger partial charge is 0.282 e. The molecule has 0 saturated carbocycles. The molecule has 0 aliphatic rings. The van der Waals surface area contributed by atoms with Crippen molar-refractivity contribution in [1.29, 1.82) is 0 Å². The second-order valence-electron chi connectivity index (χ2n) is 6.79. The maximum Gasteiger partial charge on any atom is 0.282 e. The van der Waals surface area contributed by atoms with Gasteiger partial charge in [-0.05, 0) is 48.9 Å². The molecule has 0 N–H and O–H groups in total. The quantitative estimate of drug-likeness (QED) is 0.446. The van der Waals surface area contributed by atoms with Crippen molar-refractivity contribution in [3.05, 3.63) is 123 Å². The van der Waals surface area contributed by atoms with Crippen molar-refractivity contribution in [2.24, 2.45) is 0 Å². The van der Waals surface area contributed by atoms with Gasteiger partial charge in [0.05, 0.1) is 12.2 Å². The number of carbonyl (C=O) groups is 1. The monoisotopic (exact) mass is 402 g/mol. The standard InChI is InChI=1S/C24H19ClN2O2/c1-17-22(23(28)19-12-14-20(25)15-13-19)24(29)27(21-10-6-3-7-11-21)26(17)16-18-8-4-2-5-9-18/h2-15H,16H2,1H3. The number of hydrogen-bond donors (Lipinski definition) is 0. The third-order valence-electron chi connectivity index (χ3n) is 4.91. The van der Waals surface area contributed by atoms with E-state index in [0.29, 0.717) is 28.5 Å². The molecule has 0 spiro atoms. The maximum absolute atomic E-state index is 13.4. The van der Waals surface area contributed by atoms with Gasteiger partial charge in [-0.15, -0.1) is 0 Å². The van der Waals surface area contributed by atoms with E-state index in [1.165, 1.54) is 0 Å². The first-order chi connectivity index (χ1) is 14.1. The summed E-state index contributed by atoms with van der Waals surface area (Å²) in [5.74, 6) is -0.305. The minimum absolute atomic E-state index is 0.173. The third kappa shape index (κ3) is 3.67. The molecule has 0 fully saturated rings. The van der Waals surface area contributed by atoms with E-state index in [1.54, 1.807) is 28.9 Å². The van der Waals surface area contributed by atoms with Crippen LogP contribution in [0, 0.1) is 6.92 Å². The lowest BCUT2D eigenvalue weighted by Crippen LogP contribution is -2.24. The van der Waals surface area contributed by atoms with Gasteiger partial charge in [0.2, 0.25) is 0 Å². The van der Waals surface area contributed by atoms with Crippen LogP contribution in [-0.2, 0) is 6.54 Å². The second kappa shape index (κ2) is 7.94. The van der Waals surface area contributed by atoms with Gasteiger partial charge in [-0.2, -0.15) is 0 Å². The van der Waals surface area contributed by atoms with Crippen LogP contribution in [0.2, 0.25) is 5.02 Å². The minimum atomic E-state index is -0.329. The highest BCUT2D eigenvalue weighted by Crippen LogP contribution is 2.18. The third-order valence-corrected chi connectivity index (χ3v) is 5.16. The Morgan fingerprint density at radius 1 is 0.862 bits per heavy atom. The Kier molecular flexibility index (Phi) is 5.19. The summed E-state index contributed by atoms with van der Waals surface area (Å²) in [6.45, 7) is 2.29. The molecule has 0 aliphatic heterocycles. The summed E-state index contributed by atoms with van der Waals surface area (Å²) >= 11 is 5.94. The molecule has 0 amide bonds. The summed E-state index contributed by atoms with van der Waals surface area (Å²) in [5.41, 5.74) is 2.67. The summed E-state index contributed by atoms with van der Waals surface area (Å²) in [6, 6.07) is 25.8. The first kappa shape index (κ1) is 19.0. The average molecular weight is 403 g/mol. The van der Waals surface area contributed by atoms with Crippen LogP contribution < -0.4 is 5.56 Å². The predicted molar refractivity (Wildman–Crippen MR) is 115 cm³/mol. The molecule has 5 heteroatoms. The molecule has 1 aromatic heterocycles. The van der Waals surface area contributed by atoms with Crippen LogP contribution in [0.5, 0.6) is 0 Å². The summed E-state index contributed by atoms with van der Waals surface area (Å²) in [6.07, 6.45) is 0. The molecule has 1 heterocycles. The van der Waals surface area contributed by atoms with E-state index >= 15 is 0 Å². The van der Waals surface area contributed by atoms with Crippen LogP contribution in [0.25, 0.3) is 5.69 Å². The number of carbonyl (C=O) groups excluding carboxylic acids is 1. The second-order valence-corrected chi connectivity index (χ2v) is 7.23. The molecular formula is C24H19ClN2O2. The molecular weight excluding hydrogens is 384 g/mol. The number of nitrogens with zero attached hydrogens (tertiary/aromatic N) is 2. The summed E-state index contributed by atoms with van der Waals surface area (Å²) in [7, 11) is 0. The molecule has 144 valence electrons. The van der Waals surface area contributed by atoms with E-state index in [9.17, 15) is 9.59 Å². The highest BCUT2D eigenvalue weighted by molar-refractivity contribution is 6.30. The Morgan fingerprint density at radius 2 is 1.45 bits per heavy atom. The van der Waals surface area contributed by atoms with E-state index in [4.69, 9.17) is 11.6 Å². The summed E-state index contributed by atoms with van der Waals surface area (Å²) in [5, 5.41) is 0.543. The fraction of sp³-hybridized carbons (Fsp3) is 0.0833. The zero-order valence-electron chi connectivity index (χ0n) is 15.9. The van der Waals surface area contributed by atoms with Crippen LogP contribution in [0.15, 0.2) is 89.7 Å². The average Bonchev–Trinajstić information content (AvgIpc) is 2.99. The number of ketones is 1. The topological polar surface area (TPSA) is 44.0 Å². The lowest BCUT2D eigenvalue weighted by molar-refractivity contribution is 0.103. The maximum atomic E-state index is 13.4. The van der Waals surface area contributed by atoms with Crippen LogP contribution in [-0.4, -0.2) is 15.1 Å². The molecule has 0 unspecified atom stereocenters. The van der Waals surface area contributed by atoms with E-state index < -0.39 is 0 Å². The lowest BCUT2D eigenvalue weighted by atomic mass is 10.0. The fourth-order valence-electron chi connectivity index (χ4n) is 3.43. The number of benzene rings is 3. The van der Waals surface area contributed by atoms with Crippen molar-refractivity contribution in [2.75, 3.05) is 0 Å². The van der Waals surface area contributed by atoms with Gasteiger partial charge < -0.3 is 0 Å². The summed E-state index contributed by atoms with van der Waals surface area (Å²) < 4.78 is 3.43. The number of rotatable bonds is 5. The first-order valence-corrected chi connectivity index (χ1v) is 9.66. The highest BCUT2D eigenvalue weighted by Gasteiger charge is 2.24. The van der Waals surface area contributed by atoms with Gasteiger partial charge in [0, 0.05) is 16.3 Å². The lowest BCUT2D eigenvalue weighted by Gasteiger charge is -2.13. The molecule has 29 heavy (non-hydrogen) atoms. The largest absolute Gasteiger partial charge is 0.288 e. The van der Waals surface area contributed by atoms with Gasteiger partial charge >= 0.3 is 0 Å². The molecule has 4 nitrogen and oxygen atoms in total. The number of halogens is 1. The normalized spacial score (nSPS) is 10.8. The van der Waals surface area contributed by atoms with Crippen molar-refractivity contribution >= 4 is 17.4 Å². The molecule has 4 rings (SSSR count). The van der Waals surface area contributed by atoms with Gasteiger partial charge in [-0.25, -0.2) is 4.68 Å². The zero-order chi connectivity index (χ0) is 20.4. The molecule has 0 atom stereocenters. The van der Waals surface area contributed by atoms with E-state index in [1.807, 2.05) is 72.3 Å². The van der Waals surface area contributed by atoms with Crippen molar-refractivity contribution in [2.45, 2.75) is 13.5 Å². The predicted octanol–water partition coefficient (Wildman–Crippen LogP) is 4.88. The number of aromatic nitrogens is 2. The van der Waals surface area contributed by atoms with Crippen LogP contribution in [0.3, 0.4) is 0 Å². The zero-order valence-corrected chi connectivity index (χ0v) is 16.6. The van der Waals surface area contributed by atoms with Crippen molar-refractivity contribution < 1.29 is 4.79 Å². The minimum Gasteiger partial charge on any atom is -0.288 e. The van der Waals surface area contributed by atoms with Gasteiger partial charge in [-0.3, -0.25) is 14.3 Å². The van der Waals surface area contributed by atoms with Crippen molar-refractivity contribution in [3.63, 3.8) is 0 Å². The van der Waals surface area contributed by atoms with E-state index in [-0.39, 0.29) is 16.9 Å². The van der Waals surface area contributed by atoms with E-state index in [0.717, 1.165) is 5.56 Å². The Labute approximate surface area is 173 Å². The van der Waals surface area contributed by atoms with Crippen LogP contribution in [0.1, 0.15) is 27.2 Å². The molecule has 0 bridgehead atoms. The van der Waals surface area contributed by atoms with Crippen molar-refractivity contribution in [1.82, 2.24) is 9.36 Å². The molecule has 0 radical (unpaired) electrons. The van der Waals surface area contributed by atoms with E-state index in [2.05, 4.69) is 0 Å². The highest BCUT2D eigenvalue weighted by atomic mass is 35.5. The molecule has 0 saturated heterocycles. The Hall–Kier alpha value is -3.37. The number of para-hydroxylation sites is 1. The van der Waals surface area contributed by atoms with Gasteiger partial charge in [0.15, 0.2) is 5.78 Å². The number of hydrogen-bond acceptors (Lipinski definition) is 2. The van der Waals surface area contributed by atoms with Gasteiger partial charge in [-0.1, -0.05) is 60.1 Å². The molecule has 0 aliphatic carbocycles. The van der Waals surface area contributed by atoms with Gasteiger partial charge in [0.25, 0.3) is 5.56 Å². The van der Waals surface area contributed by atoms with Gasteiger partial charge in [0.1, 0.15) is 5.56 Å². The van der Waals surface area contributed by atoms with Crippen LogP contribution >= 0.6 is 11.6 Å². The van der Waals surface area contributed by atoms with Crippen LogP contribution in [0.4, 0.5) is 0 Å².